The van der Waals surface area contributed by atoms with E-state index in [1.165, 1.54) is 6.08 Å². The van der Waals surface area contributed by atoms with E-state index < -0.39 is 23.4 Å². The Morgan fingerprint density at radius 3 is 2.64 bits per heavy atom. The van der Waals surface area contributed by atoms with Crippen LogP contribution >= 0.6 is 0 Å². The molecule has 2 heterocycles. The van der Waals surface area contributed by atoms with Crippen molar-refractivity contribution in [1.29, 1.82) is 0 Å². The van der Waals surface area contributed by atoms with E-state index in [0.717, 1.165) is 32.1 Å². The predicted molar refractivity (Wildman–Crippen MR) is 105 cm³/mol. The van der Waals surface area contributed by atoms with Crippen molar-refractivity contribution in [3.8, 4) is 0 Å². The third-order valence-corrected chi connectivity index (χ3v) is 5.76. The Hall–Kier alpha value is -2.43. The number of allylic oxidation sites excluding steroid dienone is 4. The molecule has 0 bridgehead atoms. The molecule has 0 aromatic carbocycles. The summed E-state index contributed by atoms with van der Waals surface area (Å²) in [6.45, 7) is 5.62. The van der Waals surface area contributed by atoms with Gasteiger partial charge in [-0.2, -0.15) is 0 Å². The minimum absolute atomic E-state index is 0.145. The Morgan fingerprint density at radius 1 is 1.18 bits per heavy atom. The third kappa shape index (κ3) is 3.62. The van der Waals surface area contributed by atoms with Crippen LogP contribution in [0, 0.1) is 11.8 Å². The normalized spacial score (nSPS) is 28.8. The molecule has 0 aromatic heterocycles. The summed E-state index contributed by atoms with van der Waals surface area (Å²) in [5.74, 6) is -2.01. The molecule has 0 aromatic rings. The van der Waals surface area contributed by atoms with Crippen LogP contribution in [-0.4, -0.2) is 23.1 Å². The molecule has 0 radical (unpaired) electrons. The first-order valence-electron chi connectivity index (χ1n) is 10.2. The van der Waals surface area contributed by atoms with Crippen LogP contribution in [0.4, 0.5) is 0 Å². The van der Waals surface area contributed by atoms with Gasteiger partial charge in [0.05, 0.1) is 12.2 Å². The maximum Gasteiger partial charge on any atom is 0.318 e. The molecule has 3 rings (SSSR count). The minimum atomic E-state index is -1.34. The molecule has 5 nitrogen and oxygen atoms in total. The molecule has 0 unspecified atom stereocenters. The summed E-state index contributed by atoms with van der Waals surface area (Å²) < 4.78 is 11.1. The summed E-state index contributed by atoms with van der Waals surface area (Å²) in [5.41, 5.74) is 0.0287. The first-order chi connectivity index (χ1) is 13.4. The summed E-state index contributed by atoms with van der Waals surface area (Å²) in [5, 5.41) is 0. The van der Waals surface area contributed by atoms with E-state index in [0.29, 0.717) is 23.3 Å². The van der Waals surface area contributed by atoms with Crippen LogP contribution in [-0.2, 0) is 23.9 Å². The van der Waals surface area contributed by atoms with E-state index in [4.69, 9.17) is 9.47 Å². The fourth-order valence-electron chi connectivity index (χ4n) is 4.23. The van der Waals surface area contributed by atoms with E-state index in [1.807, 2.05) is 13.0 Å². The molecule has 3 atom stereocenters. The lowest BCUT2D eigenvalue weighted by Gasteiger charge is -2.35. The molecule has 150 valence electrons. The van der Waals surface area contributed by atoms with Crippen LogP contribution < -0.4 is 0 Å². The van der Waals surface area contributed by atoms with E-state index >= 15 is 0 Å². The van der Waals surface area contributed by atoms with E-state index in [9.17, 15) is 14.4 Å². The Labute approximate surface area is 166 Å². The van der Waals surface area contributed by atoms with Gasteiger partial charge in [-0.1, -0.05) is 38.7 Å². The fraction of sp³-hybridized carbons (Fsp3) is 0.522. The van der Waals surface area contributed by atoms with Gasteiger partial charge < -0.3 is 9.47 Å². The number of carbonyl (C=O) groups is 3. The number of ether oxygens (including phenoxy) is 2. The first-order valence-corrected chi connectivity index (χ1v) is 10.2. The number of unbranched alkanes of at least 4 members (excludes halogenated alkanes) is 4. The van der Waals surface area contributed by atoms with Gasteiger partial charge in [0, 0.05) is 12.0 Å². The molecule has 3 aliphatic rings. The van der Waals surface area contributed by atoms with Crippen molar-refractivity contribution >= 4 is 17.5 Å². The molecular formula is C23H28O5. The molecule has 5 heteroatoms. The molecule has 0 saturated carbocycles. The number of rotatable bonds is 8. The number of hydrogen-bond donors (Lipinski definition) is 0. The van der Waals surface area contributed by atoms with Gasteiger partial charge >= 0.3 is 5.97 Å². The molecular weight excluding hydrogens is 356 g/mol. The van der Waals surface area contributed by atoms with Gasteiger partial charge in [0.1, 0.15) is 17.5 Å². The largest absolute Gasteiger partial charge is 0.465 e. The first kappa shape index (κ1) is 20.3. The van der Waals surface area contributed by atoms with Gasteiger partial charge in [-0.3, -0.25) is 14.4 Å². The van der Waals surface area contributed by atoms with Crippen LogP contribution in [0.5, 0.6) is 0 Å². The number of carbonyl (C=O) groups excluding carboxylic acids is 3. The van der Waals surface area contributed by atoms with Crippen LogP contribution in [0.25, 0.3) is 0 Å². The smallest absolute Gasteiger partial charge is 0.318 e. The van der Waals surface area contributed by atoms with Crippen LogP contribution in [0.15, 0.2) is 47.5 Å². The molecule has 2 aliphatic heterocycles. The Morgan fingerprint density at radius 2 is 1.93 bits per heavy atom. The number of hydrogen-bond acceptors (Lipinski definition) is 5. The average Bonchev–Trinajstić information content (AvgIpc) is 2.94. The monoisotopic (exact) mass is 384 g/mol. The van der Waals surface area contributed by atoms with Crippen LogP contribution in [0.2, 0.25) is 0 Å². The average molecular weight is 384 g/mol. The van der Waals surface area contributed by atoms with Crippen molar-refractivity contribution in [3.05, 3.63) is 47.5 Å². The van der Waals surface area contributed by atoms with Gasteiger partial charge in [-0.05, 0) is 44.1 Å². The van der Waals surface area contributed by atoms with Gasteiger partial charge in [-0.25, -0.2) is 0 Å². The van der Waals surface area contributed by atoms with Crippen molar-refractivity contribution in [2.24, 2.45) is 11.8 Å². The Bertz CT molecular complexity index is 798. The summed E-state index contributed by atoms with van der Waals surface area (Å²) in [7, 11) is 0. The third-order valence-electron chi connectivity index (χ3n) is 5.76. The summed E-state index contributed by atoms with van der Waals surface area (Å²) in [4.78, 5) is 38.3. The maximum absolute atomic E-state index is 12.9. The summed E-state index contributed by atoms with van der Waals surface area (Å²) in [6, 6.07) is 0. The number of esters is 1. The van der Waals surface area contributed by atoms with E-state index in [-0.39, 0.29) is 11.6 Å². The second-order valence-electron chi connectivity index (χ2n) is 7.82. The van der Waals surface area contributed by atoms with Crippen LogP contribution in [0.1, 0.15) is 59.3 Å². The highest BCUT2D eigenvalue weighted by Crippen LogP contribution is 2.50. The second-order valence-corrected chi connectivity index (χ2v) is 7.82. The van der Waals surface area contributed by atoms with Crippen molar-refractivity contribution in [1.82, 2.24) is 0 Å². The zero-order valence-corrected chi connectivity index (χ0v) is 16.8. The summed E-state index contributed by atoms with van der Waals surface area (Å²) in [6.07, 6.45) is 13.9. The highest BCUT2D eigenvalue weighted by atomic mass is 16.6. The van der Waals surface area contributed by atoms with Gasteiger partial charge in [0.2, 0.25) is 0 Å². The highest BCUT2D eigenvalue weighted by Gasteiger charge is 2.62. The topological polar surface area (TPSA) is 69.7 Å². The lowest BCUT2D eigenvalue weighted by atomic mass is 9.67. The molecule has 0 spiro atoms. The maximum atomic E-state index is 12.9. The van der Waals surface area contributed by atoms with Crippen molar-refractivity contribution in [2.45, 2.75) is 64.9 Å². The number of fused-ring (bicyclic) bond motifs is 3. The zero-order chi connectivity index (χ0) is 20.3. The predicted octanol–water partition coefficient (Wildman–Crippen LogP) is 4.35. The fourth-order valence-corrected chi connectivity index (χ4v) is 4.23. The van der Waals surface area contributed by atoms with Crippen molar-refractivity contribution < 1.29 is 23.9 Å². The zero-order valence-electron chi connectivity index (χ0n) is 16.8. The lowest BCUT2D eigenvalue weighted by molar-refractivity contribution is -0.156. The SMILES string of the molecule is C/C=C/C1=CC2=CC(=O)[C@@]3(C)OC(=O)[C@@H](C(=O)CCCCCCC)[C@H]3C2=CO1. The molecule has 0 N–H and O–H groups in total. The quantitative estimate of drug-likeness (QED) is 0.354. The van der Waals surface area contributed by atoms with Gasteiger partial charge in [-0.15, -0.1) is 0 Å². The van der Waals surface area contributed by atoms with Gasteiger partial charge in [0.15, 0.2) is 11.4 Å². The van der Waals surface area contributed by atoms with Crippen molar-refractivity contribution in [2.75, 3.05) is 0 Å². The standard InChI is InChI=1S/C23H28O5/c1-4-6-7-8-9-11-18(24)20-21-17-14-27-16(10-5-2)12-15(17)13-19(25)23(21,3)28-22(20)26/h5,10,12-14,20-21H,4,6-9,11H2,1-3H3/b10-5+/t20-,21+,23+/m0/s1. The number of ketones is 2. The van der Waals surface area contributed by atoms with Gasteiger partial charge in [0.25, 0.3) is 0 Å². The van der Waals surface area contributed by atoms with Crippen molar-refractivity contribution in [3.63, 3.8) is 0 Å². The van der Waals surface area contributed by atoms with E-state index in [1.54, 1.807) is 25.3 Å². The lowest BCUT2D eigenvalue weighted by Crippen LogP contribution is -2.46. The van der Waals surface area contributed by atoms with E-state index in [2.05, 4.69) is 6.92 Å². The molecule has 1 fully saturated rings. The molecule has 28 heavy (non-hydrogen) atoms. The molecule has 0 amide bonds. The second kappa shape index (κ2) is 8.29. The highest BCUT2D eigenvalue weighted by molar-refractivity contribution is 6.09. The Balaban J connectivity index is 1.83. The molecule has 1 aliphatic carbocycles. The molecule has 1 saturated heterocycles. The minimum Gasteiger partial charge on any atom is -0.465 e. The summed E-state index contributed by atoms with van der Waals surface area (Å²) >= 11 is 0. The Kier molecular flexibility index (Phi) is 6.01. The number of Topliss-reactive ketones (excluding diaryl/α,β-unsaturated/α-hetero) is 1. The van der Waals surface area contributed by atoms with Crippen LogP contribution in [0.3, 0.4) is 0 Å².